The van der Waals surface area contributed by atoms with Crippen molar-refractivity contribution in [2.45, 2.75) is 12.0 Å². The summed E-state index contributed by atoms with van der Waals surface area (Å²) >= 11 is 0. The molecule has 2 aromatic carbocycles. The summed E-state index contributed by atoms with van der Waals surface area (Å²) in [6.07, 6.45) is 0. The van der Waals surface area contributed by atoms with Crippen molar-refractivity contribution in [3.8, 4) is 5.75 Å². The molecule has 1 saturated heterocycles. The van der Waals surface area contributed by atoms with Crippen molar-refractivity contribution in [3.05, 3.63) is 65.2 Å². The highest BCUT2D eigenvalue weighted by atomic mass is 35.5. The Bertz CT molecular complexity index is 724. The van der Waals surface area contributed by atoms with E-state index in [0.29, 0.717) is 6.54 Å². The SMILES string of the molecule is Cl.Cl.O=C1NCCN2CC(c3ccccc3)c3c(O)cccc3C12. The van der Waals surface area contributed by atoms with Gasteiger partial charge in [0.2, 0.25) is 5.91 Å². The molecule has 0 bridgehead atoms. The number of amides is 1. The van der Waals surface area contributed by atoms with Gasteiger partial charge in [-0.1, -0.05) is 42.5 Å². The van der Waals surface area contributed by atoms with Gasteiger partial charge in [-0.25, -0.2) is 0 Å². The van der Waals surface area contributed by atoms with Crippen LogP contribution in [0.5, 0.6) is 5.75 Å². The van der Waals surface area contributed by atoms with E-state index in [1.807, 2.05) is 30.3 Å². The number of nitrogens with zero attached hydrogens (tertiary/aromatic N) is 1. The highest BCUT2D eigenvalue weighted by molar-refractivity contribution is 5.86. The Kier molecular flexibility index (Phi) is 5.75. The molecule has 1 fully saturated rings. The number of rotatable bonds is 1. The lowest BCUT2D eigenvalue weighted by molar-refractivity contribution is -0.129. The monoisotopic (exact) mass is 366 g/mol. The van der Waals surface area contributed by atoms with Gasteiger partial charge in [0.15, 0.2) is 0 Å². The molecule has 128 valence electrons. The maximum atomic E-state index is 12.3. The van der Waals surface area contributed by atoms with Crippen LogP contribution in [0.2, 0.25) is 0 Å². The molecular weight excluding hydrogens is 347 g/mol. The van der Waals surface area contributed by atoms with E-state index in [4.69, 9.17) is 0 Å². The van der Waals surface area contributed by atoms with Gasteiger partial charge < -0.3 is 10.4 Å². The number of halogens is 2. The van der Waals surface area contributed by atoms with Crippen molar-refractivity contribution >= 4 is 30.7 Å². The number of phenols is 1. The minimum Gasteiger partial charge on any atom is -0.508 e. The molecule has 2 aromatic rings. The van der Waals surface area contributed by atoms with Crippen LogP contribution in [-0.2, 0) is 4.79 Å². The third-order valence-electron chi connectivity index (χ3n) is 4.69. The molecule has 2 heterocycles. The predicted octanol–water partition coefficient (Wildman–Crippen LogP) is 2.85. The average molecular weight is 367 g/mol. The van der Waals surface area contributed by atoms with Gasteiger partial charge in [0, 0.05) is 31.1 Å². The van der Waals surface area contributed by atoms with Crippen LogP contribution in [0.1, 0.15) is 28.7 Å². The molecule has 2 N–H and O–H groups in total. The van der Waals surface area contributed by atoms with Gasteiger partial charge >= 0.3 is 0 Å². The van der Waals surface area contributed by atoms with E-state index in [1.165, 1.54) is 5.56 Å². The number of fused-ring (bicyclic) bond motifs is 3. The molecule has 2 aliphatic heterocycles. The Morgan fingerprint density at radius 3 is 2.54 bits per heavy atom. The number of aromatic hydroxyl groups is 1. The number of phenolic OH excluding ortho intramolecular Hbond substituents is 1. The smallest absolute Gasteiger partial charge is 0.242 e. The molecule has 0 spiro atoms. The van der Waals surface area contributed by atoms with Gasteiger partial charge in [0.05, 0.1) is 0 Å². The first-order valence-corrected chi connectivity index (χ1v) is 7.64. The van der Waals surface area contributed by atoms with Crippen LogP contribution < -0.4 is 5.32 Å². The summed E-state index contributed by atoms with van der Waals surface area (Å²) < 4.78 is 0. The van der Waals surface area contributed by atoms with Crippen molar-refractivity contribution in [1.29, 1.82) is 0 Å². The van der Waals surface area contributed by atoms with Crippen molar-refractivity contribution in [2.24, 2.45) is 0 Å². The second kappa shape index (κ2) is 7.43. The van der Waals surface area contributed by atoms with Crippen molar-refractivity contribution in [3.63, 3.8) is 0 Å². The number of hydrogen-bond acceptors (Lipinski definition) is 3. The van der Waals surface area contributed by atoms with Gasteiger partial charge in [-0.3, -0.25) is 9.69 Å². The maximum absolute atomic E-state index is 12.3. The first-order chi connectivity index (χ1) is 10.8. The summed E-state index contributed by atoms with van der Waals surface area (Å²) in [7, 11) is 0. The van der Waals surface area contributed by atoms with Crippen molar-refractivity contribution in [1.82, 2.24) is 10.2 Å². The summed E-state index contributed by atoms with van der Waals surface area (Å²) in [5, 5.41) is 13.3. The van der Waals surface area contributed by atoms with Gasteiger partial charge in [-0.2, -0.15) is 0 Å². The van der Waals surface area contributed by atoms with E-state index < -0.39 is 0 Å². The van der Waals surface area contributed by atoms with Crippen LogP contribution in [0.3, 0.4) is 0 Å². The van der Waals surface area contributed by atoms with Gasteiger partial charge in [0.25, 0.3) is 0 Å². The van der Waals surface area contributed by atoms with Crippen LogP contribution >= 0.6 is 24.8 Å². The lowest BCUT2D eigenvalue weighted by Gasteiger charge is -2.43. The largest absolute Gasteiger partial charge is 0.508 e. The molecule has 24 heavy (non-hydrogen) atoms. The lowest BCUT2D eigenvalue weighted by Crippen LogP contribution is -2.53. The minimum atomic E-state index is -0.282. The topological polar surface area (TPSA) is 52.6 Å². The molecule has 2 unspecified atom stereocenters. The molecule has 6 heteroatoms. The predicted molar refractivity (Wildman–Crippen MR) is 98.2 cm³/mol. The van der Waals surface area contributed by atoms with Gasteiger partial charge in [-0.05, 0) is 17.2 Å². The molecule has 0 aliphatic carbocycles. The molecule has 0 aromatic heterocycles. The number of benzene rings is 2. The second-order valence-corrected chi connectivity index (χ2v) is 5.93. The molecule has 2 aliphatic rings. The summed E-state index contributed by atoms with van der Waals surface area (Å²) in [5.41, 5.74) is 3.00. The third kappa shape index (κ3) is 2.97. The molecule has 0 saturated carbocycles. The fourth-order valence-corrected chi connectivity index (χ4v) is 3.72. The Hall–Kier alpha value is -1.75. The average Bonchev–Trinajstić information content (AvgIpc) is 2.55. The highest BCUT2D eigenvalue weighted by Gasteiger charge is 2.40. The third-order valence-corrected chi connectivity index (χ3v) is 4.69. The Balaban J connectivity index is 0.00000104. The van der Waals surface area contributed by atoms with E-state index in [0.717, 1.165) is 24.2 Å². The van der Waals surface area contributed by atoms with E-state index in [-0.39, 0.29) is 48.4 Å². The normalized spacial score (nSPS) is 22.2. The quantitative estimate of drug-likeness (QED) is 0.815. The summed E-state index contributed by atoms with van der Waals surface area (Å²) in [6.45, 7) is 2.28. The number of carbonyl (C=O) groups is 1. The molecule has 1 amide bonds. The molecule has 0 radical (unpaired) electrons. The van der Waals surface area contributed by atoms with Crippen LogP contribution in [0.25, 0.3) is 0 Å². The number of carbonyl (C=O) groups excluding carboxylic acids is 1. The van der Waals surface area contributed by atoms with Crippen LogP contribution in [-0.4, -0.2) is 35.5 Å². The summed E-state index contributed by atoms with van der Waals surface area (Å²) in [6, 6.07) is 15.4. The van der Waals surface area contributed by atoms with Crippen molar-refractivity contribution < 1.29 is 9.90 Å². The standard InChI is InChI=1S/C18H18N2O2.2ClH/c21-15-8-4-7-13-16(15)14(12-5-2-1-3-6-12)11-20-10-9-19-18(22)17(13)20;;/h1-8,14,17,21H,9-11H2,(H,19,22);2*1H. The zero-order chi connectivity index (χ0) is 15.1. The second-order valence-electron chi connectivity index (χ2n) is 5.93. The van der Waals surface area contributed by atoms with E-state index in [1.54, 1.807) is 6.07 Å². The zero-order valence-corrected chi connectivity index (χ0v) is 14.6. The van der Waals surface area contributed by atoms with Crippen LogP contribution in [0.15, 0.2) is 48.5 Å². The number of nitrogens with one attached hydrogen (secondary N) is 1. The molecule has 4 rings (SSSR count). The molecular formula is C18H20Cl2N2O2. The number of hydrogen-bond donors (Lipinski definition) is 2. The zero-order valence-electron chi connectivity index (χ0n) is 13.0. The molecule has 2 atom stereocenters. The first-order valence-electron chi connectivity index (χ1n) is 7.64. The van der Waals surface area contributed by atoms with Crippen LogP contribution in [0.4, 0.5) is 0 Å². The minimum absolute atomic E-state index is 0. The van der Waals surface area contributed by atoms with E-state index in [9.17, 15) is 9.90 Å². The number of piperazine rings is 1. The van der Waals surface area contributed by atoms with E-state index in [2.05, 4.69) is 22.3 Å². The Morgan fingerprint density at radius 1 is 1.04 bits per heavy atom. The molecule has 4 nitrogen and oxygen atoms in total. The fourth-order valence-electron chi connectivity index (χ4n) is 3.72. The van der Waals surface area contributed by atoms with Crippen molar-refractivity contribution in [2.75, 3.05) is 19.6 Å². The van der Waals surface area contributed by atoms with Gasteiger partial charge in [-0.15, -0.1) is 24.8 Å². The van der Waals surface area contributed by atoms with E-state index >= 15 is 0 Å². The summed E-state index contributed by atoms with van der Waals surface area (Å²) in [5.74, 6) is 0.411. The Morgan fingerprint density at radius 2 is 1.79 bits per heavy atom. The maximum Gasteiger partial charge on any atom is 0.242 e. The van der Waals surface area contributed by atoms with Gasteiger partial charge in [0.1, 0.15) is 11.8 Å². The highest BCUT2D eigenvalue weighted by Crippen LogP contribution is 2.43. The first kappa shape index (κ1) is 18.6. The Labute approximate surface area is 153 Å². The lowest BCUT2D eigenvalue weighted by atomic mass is 9.80. The summed E-state index contributed by atoms with van der Waals surface area (Å²) in [4.78, 5) is 14.5. The van der Waals surface area contributed by atoms with Crippen LogP contribution in [0, 0.1) is 0 Å². The fraction of sp³-hybridized carbons (Fsp3) is 0.278.